The predicted molar refractivity (Wildman–Crippen MR) is 69.7 cm³/mol. The summed E-state index contributed by atoms with van der Waals surface area (Å²) < 4.78 is 36.1. The molecule has 1 N–H and O–H groups in total. The Hall–Kier alpha value is -0.290. The molecule has 0 aliphatic heterocycles. The first-order valence-electron chi connectivity index (χ1n) is 6.77. The fraction of sp³-hybridized carbons (Fsp3) is 1.00. The lowest BCUT2D eigenvalue weighted by molar-refractivity contribution is -0.143. The van der Waals surface area contributed by atoms with Crippen LogP contribution in [0.3, 0.4) is 0 Å². The third-order valence-corrected chi connectivity index (χ3v) is 2.65. The van der Waals surface area contributed by atoms with Gasteiger partial charge in [0.05, 0.1) is 6.54 Å². The molecular weight excluding hydrogens is 241 g/mol. The van der Waals surface area contributed by atoms with Crippen molar-refractivity contribution in [3.05, 3.63) is 0 Å². The number of hydrogen-bond donors (Lipinski definition) is 1. The summed E-state index contributed by atoms with van der Waals surface area (Å²) >= 11 is 0. The molecule has 0 spiro atoms. The molecule has 0 aromatic rings. The molecule has 0 unspecified atom stereocenters. The number of unbranched alkanes of at least 4 members (excludes halogenated alkanes) is 3. The predicted octanol–water partition coefficient (Wildman–Crippen LogP) is 3.29. The molecule has 0 rings (SSSR count). The van der Waals surface area contributed by atoms with E-state index >= 15 is 0 Å². The third-order valence-electron chi connectivity index (χ3n) is 2.65. The van der Waals surface area contributed by atoms with Gasteiger partial charge in [-0.2, -0.15) is 13.2 Å². The minimum Gasteiger partial charge on any atom is -0.316 e. The summed E-state index contributed by atoms with van der Waals surface area (Å²) in [6.07, 6.45) is -0.0293. The summed E-state index contributed by atoms with van der Waals surface area (Å²) in [5.74, 6) is 0.668. The van der Waals surface area contributed by atoms with Crippen LogP contribution in [0.5, 0.6) is 0 Å². The van der Waals surface area contributed by atoms with Gasteiger partial charge in [-0.3, -0.25) is 4.90 Å². The highest BCUT2D eigenvalue weighted by molar-refractivity contribution is 4.59. The zero-order chi connectivity index (χ0) is 14.0. The van der Waals surface area contributed by atoms with E-state index in [4.69, 9.17) is 0 Å². The Kier molecular flexibility index (Phi) is 9.46. The van der Waals surface area contributed by atoms with Crippen molar-refractivity contribution in [1.82, 2.24) is 10.2 Å². The van der Waals surface area contributed by atoms with E-state index in [0.29, 0.717) is 12.5 Å². The Morgan fingerprint density at radius 2 is 1.67 bits per heavy atom. The van der Waals surface area contributed by atoms with Crippen LogP contribution in [0.1, 0.15) is 39.5 Å². The highest BCUT2D eigenvalue weighted by Gasteiger charge is 2.28. The summed E-state index contributed by atoms with van der Waals surface area (Å²) in [5.41, 5.74) is 0. The van der Waals surface area contributed by atoms with Crippen molar-refractivity contribution in [3.8, 4) is 0 Å². The summed E-state index contributed by atoms with van der Waals surface area (Å²) in [6, 6.07) is 0. The molecule has 0 aromatic heterocycles. The highest BCUT2D eigenvalue weighted by Crippen LogP contribution is 2.15. The molecule has 0 saturated heterocycles. The normalized spacial score (nSPS) is 12.7. The van der Waals surface area contributed by atoms with Crippen LogP contribution in [0.4, 0.5) is 13.2 Å². The molecule has 0 fully saturated rings. The lowest BCUT2D eigenvalue weighted by atomic mass is 10.2. The molecule has 0 radical (unpaired) electrons. The van der Waals surface area contributed by atoms with Gasteiger partial charge in [0.15, 0.2) is 0 Å². The molecule has 0 aliphatic carbocycles. The Labute approximate surface area is 109 Å². The molecular formula is C13H27F3N2. The van der Waals surface area contributed by atoms with E-state index in [1.54, 1.807) is 0 Å². The standard InChI is InChI=1S/C13H27F3N2/c1-12(2)10-17-8-6-4-5-7-9-18(3)11-13(14,15)16/h12,17H,4-11H2,1-3H3. The quantitative estimate of drug-likeness (QED) is 0.612. The van der Waals surface area contributed by atoms with E-state index in [0.717, 1.165) is 38.8 Å². The lowest BCUT2D eigenvalue weighted by Gasteiger charge is -2.18. The number of hydrogen-bond acceptors (Lipinski definition) is 2. The van der Waals surface area contributed by atoms with Gasteiger partial charge in [-0.05, 0) is 45.4 Å². The van der Waals surface area contributed by atoms with Gasteiger partial charge in [0.25, 0.3) is 0 Å². The zero-order valence-corrected chi connectivity index (χ0v) is 11.8. The first-order chi connectivity index (χ1) is 8.31. The van der Waals surface area contributed by atoms with Crippen LogP contribution in [-0.4, -0.2) is 44.3 Å². The molecule has 0 bridgehead atoms. The number of alkyl halides is 3. The molecule has 110 valence electrons. The second kappa shape index (κ2) is 9.62. The molecule has 0 amide bonds. The van der Waals surface area contributed by atoms with Crippen molar-refractivity contribution < 1.29 is 13.2 Å². The van der Waals surface area contributed by atoms with E-state index in [-0.39, 0.29) is 0 Å². The Morgan fingerprint density at radius 1 is 1.06 bits per heavy atom. The lowest BCUT2D eigenvalue weighted by Crippen LogP contribution is -2.31. The summed E-state index contributed by atoms with van der Waals surface area (Å²) in [4.78, 5) is 1.34. The molecule has 18 heavy (non-hydrogen) atoms. The SMILES string of the molecule is CC(C)CNCCCCCCN(C)CC(F)(F)F. The fourth-order valence-corrected chi connectivity index (χ4v) is 1.76. The Morgan fingerprint density at radius 3 is 2.22 bits per heavy atom. The number of nitrogens with zero attached hydrogens (tertiary/aromatic N) is 1. The van der Waals surface area contributed by atoms with Crippen LogP contribution in [-0.2, 0) is 0 Å². The maximum atomic E-state index is 12.0. The topological polar surface area (TPSA) is 15.3 Å². The minimum absolute atomic E-state index is 0.527. The summed E-state index contributed by atoms with van der Waals surface area (Å²) in [5, 5.41) is 3.36. The van der Waals surface area contributed by atoms with Gasteiger partial charge in [-0.1, -0.05) is 26.7 Å². The number of rotatable bonds is 10. The van der Waals surface area contributed by atoms with Gasteiger partial charge >= 0.3 is 6.18 Å². The van der Waals surface area contributed by atoms with Gasteiger partial charge < -0.3 is 5.32 Å². The first kappa shape index (κ1) is 17.7. The van der Waals surface area contributed by atoms with Crippen LogP contribution < -0.4 is 5.32 Å². The molecule has 0 aliphatic rings. The van der Waals surface area contributed by atoms with Crippen LogP contribution in [0, 0.1) is 5.92 Å². The Bertz CT molecular complexity index is 193. The maximum Gasteiger partial charge on any atom is 0.401 e. The highest BCUT2D eigenvalue weighted by atomic mass is 19.4. The first-order valence-corrected chi connectivity index (χ1v) is 6.77. The summed E-state index contributed by atoms with van der Waals surface area (Å²) in [6.45, 7) is 6.11. The average Bonchev–Trinajstić information content (AvgIpc) is 2.18. The van der Waals surface area contributed by atoms with Gasteiger partial charge in [-0.15, -0.1) is 0 Å². The van der Waals surface area contributed by atoms with Gasteiger partial charge in [0, 0.05) is 0 Å². The molecule has 0 heterocycles. The minimum atomic E-state index is -4.07. The fourth-order valence-electron chi connectivity index (χ4n) is 1.76. The van der Waals surface area contributed by atoms with Crippen molar-refractivity contribution in [2.24, 2.45) is 5.92 Å². The molecule has 2 nitrogen and oxygen atoms in total. The van der Waals surface area contributed by atoms with Gasteiger partial charge in [0.1, 0.15) is 0 Å². The van der Waals surface area contributed by atoms with Crippen LogP contribution >= 0.6 is 0 Å². The van der Waals surface area contributed by atoms with Crippen molar-refractivity contribution in [3.63, 3.8) is 0 Å². The van der Waals surface area contributed by atoms with Crippen molar-refractivity contribution in [2.45, 2.75) is 45.7 Å². The Balaban J connectivity index is 3.25. The van der Waals surface area contributed by atoms with E-state index in [1.165, 1.54) is 11.9 Å². The third kappa shape index (κ3) is 13.8. The molecule has 0 aromatic carbocycles. The largest absolute Gasteiger partial charge is 0.401 e. The second-order valence-corrected chi connectivity index (χ2v) is 5.37. The second-order valence-electron chi connectivity index (χ2n) is 5.37. The van der Waals surface area contributed by atoms with Crippen LogP contribution in [0.15, 0.2) is 0 Å². The molecule has 5 heteroatoms. The number of halogens is 3. The summed E-state index contributed by atoms with van der Waals surface area (Å²) in [7, 11) is 1.53. The smallest absolute Gasteiger partial charge is 0.316 e. The average molecular weight is 268 g/mol. The molecule has 0 atom stereocenters. The van der Waals surface area contributed by atoms with Crippen molar-refractivity contribution in [2.75, 3.05) is 33.2 Å². The van der Waals surface area contributed by atoms with Crippen LogP contribution in [0.2, 0.25) is 0 Å². The zero-order valence-electron chi connectivity index (χ0n) is 11.8. The van der Waals surface area contributed by atoms with E-state index < -0.39 is 12.7 Å². The maximum absolute atomic E-state index is 12.0. The monoisotopic (exact) mass is 268 g/mol. The van der Waals surface area contributed by atoms with E-state index in [1.807, 2.05) is 0 Å². The molecule has 0 saturated carbocycles. The van der Waals surface area contributed by atoms with E-state index in [9.17, 15) is 13.2 Å². The van der Waals surface area contributed by atoms with E-state index in [2.05, 4.69) is 19.2 Å². The van der Waals surface area contributed by atoms with Crippen LogP contribution in [0.25, 0.3) is 0 Å². The van der Waals surface area contributed by atoms with Gasteiger partial charge in [-0.25, -0.2) is 0 Å². The van der Waals surface area contributed by atoms with Gasteiger partial charge in [0.2, 0.25) is 0 Å². The van der Waals surface area contributed by atoms with Crippen molar-refractivity contribution in [1.29, 1.82) is 0 Å². The number of nitrogens with one attached hydrogen (secondary N) is 1. The van der Waals surface area contributed by atoms with Crippen molar-refractivity contribution >= 4 is 0 Å².